The van der Waals surface area contributed by atoms with Gasteiger partial charge in [-0.3, -0.25) is 0 Å². The van der Waals surface area contributed by atoms with Gasteiger partial charge in [0.25, 0.3) is 0 Å². The molecule has 1 N–H and O–H groups in total. The van der Waals surface area contributed by atoms with Gasteiger partial charge >= 0.3 is 34.3 Å². The number of benzene rings is 1. The summed E-state index contributed by atoms with van der Waals surface area (Å²) in [5.74, 6) is -1.20. The van der Waals surface area contributed by atoms with Crippen molar-refractivity contribution in [2.75, 3.05) is 0 Å². The fourth-order valence-corrected chi connectivity index (χ4v) is 1.57. The van der Waals surface area contributed by atoms with E-state index in [4.69, 9.17) is 12.2 Å². The molecule has 1 heterocycles. The molecule has 0 amide bonds. The van der Waals surface area contributed by atoms with Gasteiger partial charge in [-0.1, -0.05) is 14.7 Å². The number of H-pyrrole nitrogens is 1. The largest absolute Gasteiger partial charge is 1.00 e. The van der Waals surface area contributed by atoms with Crippen molar-refractivity contribution in [1.82, 2.24) is 15.0 Å². The Hall–Kier alpha value is -1.02. The summed E-state index contributed by atoms with van der Waals surface area (Å²) in [5, 5.41) is 17.4. The second-order valence-corrected chi connectivity index (χ2v) is 3.54. The minimum atomic E-state index is -1.20. The zero-order valence-electron chi connectivity index (χ0n) is 9.38. The van der Waals surface area contributed by atoms with E-state index in [9.17, 15) is 9.90 Å². The quantitative estimate of drug-likeness (QED) is 0.340. The van der Waals surface area contributed by atoms with Crippen molar-refractivity contribution in [2.24, 2.45) is 7.05 Å². The Labute approximate surface area is 124 Å². The van der Waals surface area contributed by atoms with Crippen LogP contribution in [0.1, 0.15) is 10.4 Å². The van der Waals surface area contributed by atoms with Crippen LogP contribution in [-0.4, -0.2) is 21.0 Å². The minimum absolute atomic E-state index is 0. The van der Waals surface area contributed by atoms with E-state index in [0.29, 0.717) is 10.5 Å². The standard InChI is InChI=1S/C9H8N4O2S.Na/c1-12-10-9(16)13(11-12)7-4-2-6(3-5-7)8(14)15;/h2-5H,1H3,(H-,10,11,14,15,16);/q;+1. The third-order valence-corrected chi connectivity index (χ3v) is 2.30. The average molecular weight is 259 g/mol. The number of rotatable bonds is 2. The molecule has 0 atom stereocenters. The number of aryl methyl sites for hydroxylation is 1. The molecule has 2 aromatic rings. The number of hydrogen-bond acceptors (Lipinski definition) is 4. The third kappa shape index (κ3) is 3.01. The van der Waals surface area contributed by atoms with Crippen LogP contribution in [0.2, 0.25) is 0 Å². The first kappa shape index (κ1) is 14.0. The molecule has 0 saturated heterocycles. The number of carboxylic acids is 1. The molecule has 17 heavy (non-hydrogen) atoms. The number of nitrogens with one attached hydrogen (secondary N) is 1. The topological polar surface area (TPSA) is 77.6 Å². The Balaban J connectivity index is 0.00000144. The van der Waals surface area contributed by atoms with E-state index in [1.807, 2.05) is 0 Å². The Morgan fingerprint density at radius 1 is 1.47 bits per heavy atom. The summed E-state index contributed by atoms with van der Waals surface area (Å²) < 4.78 is 1.93. The Morgan fingerprint density at radius 2 is 2.06 bits per heavy atom. The van der Waals surface area contributed by atoms with E-state index in [-0.39, 0.29) is 35.1 Å². The minimum Gasteiger partial charge on any atom is -0.545 e. The van der Waals surface area contributed by atoms with Gasteiger partial charge in [-0.25, -0.2) is 0 Å². The van der Waals surface area contributed by atoms with Crippen LogP contribution in [0, 0.1) is 4.77 Å². The summed E-state index contributed by atoms with van der Waals surface area (Å²) in [5.41, 5.74) is 0.835. The van der Waals surface area contributed by atoms with Gasteiger partial charge < -0.3 is 9.90 Å². The summed E-state index contributed by atoms with van der Waals surface area (Å²) in [6.07, 6.45) is 0. The number of aromatic amines is 1. The van der Waals surface area contributed by atoms with Crippen molar-refractivity contribution in [3.63, 3.8) is 0 Å². The van der Waals surface area contributed by atoms with Gasteiger partial charge in [0.05, 0.1) is 5.97 Å². The maximum absolute atomic E-state index is 10.6. The van der Waals surface area contributed by atoms with Crippen LogP contribution in [0.25, 0.3) is 5.69 Å². The first-order chi connectivity index (χ1) is 7.58. The summed E-state index contributed by atoms with van der Waals surface area (Å²) in [6, 6.07) is 6.15. The number of aromatic nitrogens is 4. The predicted molar refractivity (Wildman–Crippen MR) is 54.3 cm³/mol. The molecule has 82 valence electrons. The molecule has 1 aromatic heterocycles. The summed E-state index contributed by atoms with van der Waals surface area (Å²) in [7, 11) is 1.71. The van der Waals surface area contributed by atoms with Gasteiger partial charge in [-0.05, 0) is 47.1 Å². The number of nitrogens with zero attached hydrogens (tertiary/aromatic N) is 3. The Kier molecular flexibility index (Phi) is 4.58. The van der Waals surface area contributed by atoms with Crippen LogP contribution in [0.3, 0.4) is 0 Å². The van der Waals surface area contributed by atoms with Gasteiger partial charge in [0, 0.05) is 0 Å². The Morgan fingerprint density at radius 3 is 2.47 bits per heavy atom. The number of aromatic carboxylic acids is 1. The molecule has 1 aromatic carbocycles. The van der Waals surface area contributed by atoms with Crippen LogP contribution < -0.4 is 39.5 Å². The van der Waals surface area contributed by atoms with Crippen molar-refractivity contribution < 1.29 is 44.3 Å². The molecule has 0 aliphatic carbocycles. The molecule has 0 fully saturated rings. The van der Waals surface area contributed by atoms with Crippen molar-refractivity contribution in [3.8, 4) is 5.69 Å². The SMILES string of the molecule is C[n+]1nc(=S)n(-c2ccc(C(=O)[O-])cc2)[nH]1.[Na+]. The normalized spacial score (nSPS) is 9.71. The second-order valence-electron chi connectivity index (χ2n) is 3.18. The predicted octanol–water partition coefficient (Wildman–Crippen LogP) is -3.88. The number of hydrogen-bond donors (Lipinski definition) is 1. The van der Waals surface area contributed by atoms with Gasteiger partial charge in [0.2, 0.25) is 0 Å². The molecule has 0 aliphatic heterocycles. The second kappa shape index (κ2) is 5.54. The van der Waals surface area contributed by atoms with Crippen molar-refractivity contribution in [2.45, 2.75) is 0 Å². The molecule has 6 nitrogen and oxygen atoms in total. The molecule has 0 aliphatic rings. The van der Waals surface area contributed by atoms with Crippen LogP contribution in [0.4, 0.5) is 0 Å². The summed E-state index contributed by atoms with van der Waals surface area (Å²) >= 11 is 5.01. The van der Waals surface area contributed by atoms with E-state index >= 15 is 0 Å². The fraction of sp³-hybridized carbons (Fsp3) is 0.111. The first-order valence-electron chi connectivity index (χ1n) is 4.45. The van der Waals surface area contributed by atoms with Gasteiger partial charge in [-0.15, -0.1) is 0 Å². The summed E-state index contributed by atoms with van der Waals surface area (Å²) in [6.45, 7) is 0. The van der Waals surface area contributed by atoms with Crippen molar-refractivity contribution in [3.05, 3.63) is 34.6 Å². The van der Waals surface area contributed by atoms with Gasteiger partial charge in [0.1, 0.15) is 7.05 Å². The van der Waals surface area contributed by atoms with E-state index in [0.717, 1.165) is 0 Å². The molecule has 0 bridgehead atoms. The maximum atomic E-state index is 10.6. The van der Waals surface area contributed by atoms with Crippen LogP contribution in [0.15, 0.2) is 24.3 Å². The number of carbonyl (C=O) groups is 1. The molecule has 0 radical (unpaired) electrons. The van der Waals surface area contributed by atoms with E-state index in [1.165, 1.54) is 16.9 Å². The van der Waals surface area contributed by atoms with Crippen molar-refractivity contribution >= 4 is 18.2 Å². The van der Waals surface area contributed by atoms with E-state index < -0.39 is 5.97 Å². The zero-order valence-corrected chi connectivity index (χ0v) is 12.2. The van der Waals surface area contributed by atoms with Gasteiger partial charge in [0.15, 0.2) is 5.69 Å². The summed E-state index contributed by atoms with van der Waals surface area (Å²) in [4.78, 5) is 12.0. The van der Waals surface area contributed by atoms with Crippen LogP contribution in [-0.2, 0) is 7.05 Å². The van der Waals surface area contributed by atoms with Crippen LogP contribution in [0.5, 0.6) is 0 Å². The maximum Gasteiger partial charge on any atom is 1.00 e. The Bertz CT molecular complexity index is 590. The van der Waals surface area contributed by atoms with E-state index in [1.54, 1.807) is 23.9 Å². The zero-order chi connectivity index (χ0) is 11.7. The molecule has 2 rings (SSSR count). The smallest absolute Gasteiger partial charge is 0.545 e. The molecular formula is C9H8N4NaO2S+. The average Bonchev–Trinajstić information content (AvgIpc) is 2.58. The first-order valence-corrected chi connectivity index (χ1v) is 4.86. The molecule has 0 saturated carbocycles. The number of carboxylic acid groups (broad SMARTS) is 1. The van der Waals surface area contributed by atoms with Gasteiger partial charge in [-0.2, -0.15) is 0 Å². The molecule has 0 unspecified atom stereocenters. The van der Waals surface area contributed by atoms with E-state index in [2.05, 4.69) is 10.3 Å². The number of tetrazole rings is 1. The molecule has 0 spiro atoms. The van der Waals surface area contributed by atoms with Crippen LogP contribution >= 0.6 is 12.2 Å². The van der Waals surface area contributed by atoms with Crippen molar-refractivity contribution in [1.29, 1.82) is 0 Å². The fourth-order valence-electron chi connectivity index (χ4n) is 1.30. The monoisotopic (exact) mass is 259 g/mol. The third-order valence-electron chi connectivity index (χ3n) is 2.03. The molecule has 8 heteroatoms. The molecular weight excluding hydrogens is 251 g/mol. The number of carbonyl (C=O) groups excluding carboxylic acids is 1.